The maximum Gasteiger partial charge on any atom is 0.434 e. The summed E-state index contributed by atoms with van der Waals surface area (Å²) in [4.78, 5) is 7.73. The molecule has 0 radical (unpaired) electrons. The SMILES string of the molecule is CN=C(NCCc1nc(C(F)(F)F)cs1)NC1CCCC1.I. The third kappa shape index (κ3) is 5.90. The van der Waals surface area contributed by atoms with Crippen LogP contribution in [0, 0.1) is 0 Å². The average Bonchev–Trinajstić information content (AvgIpc) is 3.07. The van der Waals surface area contributed by atoms with Crippen molar-refractivity contribution in [3.8, 4) is 0 Å². The standard InChI is InChI=1S/C13H19F3N4S.HI/c1-17-12(19-9-4-2-3-5-9)18-7-6-11-20-10(8-21-11)13(14,15)16;/h8-9H,2-7H2,1H3,(H2,17,18,19);1H. The molecule has 9 heteroatoms. The first kappa shape index (κ1) is 19.5. The fourth-order valence-electron chi connectivity index (χ4n) is 2.30. The summed E-state index contributed by atoms with van der Waals surface area (Å²) in [5.74, 6) is 0.703. The van der Waals surface area contributed by atoms with Crippen LogP contribution in [0.2, 0.25) is 0 Å². The summed E-state index contributed by atoms with van der Waals surface area (Å²) >= 11 is 1.04. The highest BCUT2D eigenvalue weighted by Gasteiger charge is 2.33. The molecular weight excluding hydrogens is 428 g/mol. The van der Waals surface area contributed by atoms with Gasteiger partial charge in [0, 0.05) is 31.4 Å². The van der Waals surface area contributed by atoms with Gasteiger partial charge < -0.3 is 10.6 Å². The topological polar surface area (TPSA) is 49.3 Å². The zero-order chi connectivity index (χ0) is 15.3. The van der Waals surface area contributed by atoms with Gasteiger partial charge in [0.1, 0.15) is 0 Å². The Hall–Kier alpha value is -0.580. The molecule has 0 saturated heterocycles. The van der Waals surface area contributed by atoms with Crippen molar-refractivity contribution in [1.29, 1.82) is 0 Å². The molecule has 0 atom stereocenters. The second kappa shape index (κ2) is 8.90. The molecule has 1 aliphatic rings. The fourth-order valence-corrected chi connectivity index (χ4v) is 3.11. The molecule has 2 rings (SSSR count). The van der Waals surface area contributed by atoms with Gasteiger partial charge in [0.15, 0.2) is 11.7 Å². The molecule has 0 aromatic carbocycles. The van der Waals surface area contributed by atoms with Crippen LogP contribution in [0.1, 0.15) is 36.4 Å². The van der Waals surface area contributed by atoms with Crippen molar-refractivity contribution in [1.82, 2.24) is 15.6 Å². The number of aliphatic imine (C=N–C) groups is 1. The predicted octanol–water partition coefficient (Wildman–Crippen LogP) is 3.43. The fraction of sp³-hybridized carbons (Fsp3) is 0.692. The molecule has 1 aromatic heterocycles. The van der Waals surface area contributed by atoms with Crippen LogP contribution in [0.4, 0.5) is 13.2 Å². The monoisotopic (exact) mass is 448 g/mol. The first-order valence-electron chi connectivity index (χ1n) is 6.98. The van der Waals surface area contributed by atoms with Crippen LogP contribution in [-0.2, 0) is 12.6 Å². The van der Waals surface area contributed by atoms with Gasteiger partial charge in [0.05, 0.1) is 5.01 Å². The van der Waals surface area contributed by atoms with Crippen molar-refractivity contribution < 1.29 is 13.2 Å². The minimum atomic E-state index is -4.36. The minimum absolute atomic E-state index is 0. The zero-order valence-electron chi connectivity index (χ0n) is 12.2. The molecule has 0 unspecified atom stereocenters. The largest absolute Gasteiger partial charge is 0.434 e. The normalized spacial score (nSPS) is 16.5. The van der Waals surface area contributed by atoms with Gasteiger partial charge in [0.25, 0.3) is 0 Å². The van der Waals surface area contributed by atoms with Crippen molar-refractivity contribution in [2.45, 2.75) is 44.3 Å². The Kier molecular flexibility index (Phi) is 7.87. The molecule has 0 amide bonds. The molecule has 1 aromatic rings. The molecule has 1 aliphatic carbocycles. The summed E-state index contributed by atoms with van der Waals surface area (Å²) in [5, 5.41) is 7.97. The van der Waals surface area contributed by atoms with Crippen LogP contribution >= 0.6 is 35.3 Å². The molecule has 22 heavy (non-hydrogen) atoms. The van der Waals surface area contributed by atoms with Gasteiger partial charge >= 0.3 is 6.18 Å². The summed E-state index contributed by atoms with van der Waals surface area (Å²) in [5.41, 5.74) is -0.809. The van der Waals surface area contributed by atoms with E-state index in [0.717, 1.165) is 29.6 Å². The van der Waals surface area contributed by atoms with Gasteiger partial charge in [-0.05, 0) is 12.8 Å². The third-order valence-electron chi connectivity index (χ3n) is 3.39. The molecule has 2 N–H and O–H groups in total. The van der Waals surface area contributed by atoms with E-state index in [-0.39, 0.29) is 24.0 Å². The highest BCUT2D eigenvalue weighted by atomic mass is 127. The highest BCUT2D eigenvalue weighted by molar-refractivity contribution is 14.0. The van der Waals surface area contributed by atoms with E-state index in [1.54, 1.807) is 7.05 Å². The molecule has 1 heterocycles. The van der Waals surface area contributed by atoms with Crippen LogP contribution in [0.15, 0.2) is 10.4 Å². The van der Waals surface area contributed by atoms with Gasteiger partial charge in [-0.15, -0.1) is 35.3 Å². The molecule has 1 saturated carbocycles. The first-order valence-corrected chi connectivity index (χ1v) is 7.86. The minimum Gasteiger partial charge on any atom is -0.356 e. The number of alkyl halides is 3. The van der Waals surface area contributed by atoms with Crippen molar-refractivity contribution in [3.05, 3.63) is 16.1 Å². The summed E-state index contributed by atoms with van der Waals surface area (Å²) < 4.78 is 37.3. The number of guanidine groups is 1. The number of aromatic nitrogens is 1. The molecule has 1 fully saturated rings. The van der Waals surface area contributed by atoms with Crippen LogP contribution < -0.4 is 10.6 Å². The average molecular weight is 448 g/mol. The second-order valence-electron chi connectivity index (χ2n) is 5.00. The molecule has 0 bridgehead atoms. The van der Waals surface area contributed by atoms with E-state index in [0.29, 0.717) is 30.0 Å². The van der Waals surface area contributed by atoms with E-state index < -0.39 is 11.9 Å². The number of rotatable bonds is 4. The Morgan fingerprint density at radius 2 is 2.09 bits per heavy atom. The van der Waals surface area contributed by atoms with Crippen LogP contribution in [0.3, 0.4) is 0 Å². The Morgan fingerprint density at radius 1 is 1.41 bits per heavy atom. The third-order valence-corrected chi connectivity index (χ3v) is 4.30. The first-order chi connectivity index (χ1) is 9.99. The number of hydrogen-bond acceptors (Lipinski definition) is 3. The number of nitrogens with zero attached hydrogens (tertiary/aromatic N) is 2. The van der Waals surface area contributed by atoms with E-state index >= 15 is 0 Å². The maximum atomic E-state index is 12.4. The van der Waals surface area contributed by atoms with Gasteiger partial charge in [-0.1, -0.05) is 12.8 Å². The summed E-state index contributed by atoms with van der Waals surface area (Å²) in [6, 6.07) is 0.452. The Labute approximate surface area is 149 Å². The molecule has 4 nitrogen and oxygen atoms in total. The highest BCUT2D eigenvalue weighted by Crippen LogP contribution is 2.29. The number of halogens is 4. The molecule has 0 aliphatic heterocycles. The summed E-state index contributed by atoms with van der Waals surface area (Å²) in [7, 11) is 1.69. The van der Waals surface area contributed by atoms with Crippen LogP contribution in [0.5, 0.6) is 0 Å². The van der Waals surface area contributed by atoms with E-state index in [9.17, 15) is 13.2 Å². The van der Waals surface area contributed by atoms with Crippen molar-refractivity contribution in [3.63, 3.8) is 0 Å². The lowest BCUT2D eigenvalue weighted by Gasteiger charge is -2.16. The lowest BCUT2D eigenvalue weighted by molar-refractivity contribution is -0.140. The number of nitrogens with one attached hydrogen (secondary N) is 2. The Balaban J connectivity index is 0.00000242. The summed E-state index contributed by atoms with van der Waals surface area (Å²) in [6.45, 7) is 0.511. The second-order valence-corrected chi connectivity index (χ2v) is 5.94. The maximum absolute atomic E-state index is 12.4. The van der Waals surface area contributed by atoms with Crippen molar-refractivity contribution in [2.75, 3.05) is 13.6 Å². The van der Waals surface area contributed by atoms with Gasteiger partial charge in [-0.25, -0.2) is 4.98 Å². The molecular formula is C13H20F3IN4S. The predicted molar refractivity (Wildman–Crippen MR) is 93.0 cm³/mol. The summed E-state index contributed by atoms with van der Waals surface area (Å²) in [6.07, 6.45) is 0.834. The van der Waals surface area contributed by atoms with E-state index in [1.165, 1.54) is 12.8 Å². The van der Waals surface area contributed by atoms with Gasteiger partial charge in [0.2, 0.25) is 0 Å². The lowest BCUT2D eigenvalue weighted by atomic mass is 10.2. The Bertz CT molecular complexity index is 484. The van der Waals surface area contributed by atoms with E-state index in [1.807, 2.05) is 0 Å². The van der Waals surface area contributed by atoms with Crippen LogP contribution in [-0.4, -0.2) is 30.6 Å². The van der Waals surface area contributed by atoms with Crippen molar-refractivity contribution >= 4 is 41.3 Å². The van der Waals surface area contributed by atoms with Crippen molar-refractivity contribution in [2.24, 2.45) is 4.99 Å². The Morgan fingerprint density at radius 3 is 2.64 bits per heavy atom. The molecule has 0 spiro atoms. The van der Waals surface area contributed by atoms with E-state index in [4.69, 9.17) is 0 Å². The van der Waals surface area contributed by atoms with E-state index in [2.05, 4.69) is 20.6 Å². The number of thiazole rings is 1. The van der Waals surface area contributed by atoms with Gasteiger partial charge in [-0.2, -0.15) is 13.2 Å². The quantitative estimate of drug-likeness (QED) is 0.422. The van der Waals surface area contributed by atoms with Gasteiger partial charge in [-0.3, -0.25) is 4.99 Å². The number of hydrogen-bond donors (Lipinski definition) is 2. The molecule has 126 valence electrons. The smallest absolute Gasteiger partial charge is 0.356 e. The van der Waals surface area contributed by atoms with Crippen LogP contribution in [0.25, 0.3) is 0 Å². The lowest BCUT2D eigenvalue weighted by Crippen LogP contribution is -2.42. The zero-order valence-corrected chi connectivity index (χ0v) is 15.4.